The molecule has 3 unspecified atom stereocenters. The molecule has 0 radical (unpaired) electrons. The van der Waals surface area contributed by atoms with Gasteiger partial charge in [-0.15, -0.1) is 0 Å². The van der Waals surface area contributed by atoms with Crippen LogP contribution >= 0.6 is 0 Å². The number of fused-ring (bicyclic) bond motifs is 1. The average molecular weight is 449 g/mol. The first-order chi connectivity index (χ1) is 16.1. The van der Waals surface area contributed by atoms with Gasteiger partial charge in [-0.05, 0) is 59.9 Å². The van der Waals surface area contributed by atoms with Crippen LogP contribution in [-0.4, -0.2) is 27.4 Å². The van der Waals surface area contributed by atoms with Crippen LogP contribution in [0, 0.1) is 0 Å². The summed E-state index contributed by atoms with van der Waals surface area (Å²) in [4.78, 5) is 0. The van der Waals surface area contributed by atoms with Crippen molar-refractivity contribution in [1.82, 2.24) is 0 Å². The highest BCUT2D eigenvalue weighted by atomic mass is 16.5. The second kappa shape index (κ2) is 10.2. The van der Waals surface area contributed by atoms with E-state index in [1.807, 2.05) is 54.6 Å². The molecule has 174 valence electrons. The van der Waals surface area contributed by atoms with Gasteiger partial charge in [-0.2, -0.15) is 0 Å². The van der Waals surface area contributed by atoms with Gasteiger partial charge in [0.1, 0.15) is 12.7 Å². The number of rotatable bonds is 8. The van der Waals surface area contributed by atoms with Crippen LogP contribution in [-0.2, 0) is 11.3 Å². The van der Waals surface area contributed by atoms with E-state index in [-0.39, 0.29) is 18.1 Å². The molecule has 3 aromatic carbocycles. The first-order valence-electron chi connectivity index (χ1n) is 11.4. The average Bonchev–Trinajstić information content (AvgIpc) is 2.86. The molecule has 0 fully saturated rings. The lowest BCUT2D eigenvalue weighted by molar-refractivity contribution is -0.0123. The number of methoxy groups -OCH3 is 3. The molecule has 0 aliphatic carbocycles. The molecule has 0 N–H and O–H groups in total. The molecule has 1 heterocycles. The maximum absolute atomic E-state index is 6.57. The van der Waals surface area contributed by atoms with Crippen molar-refractivity contribution in [3.63, 3.8) is 0 Å². The molecule has 3 atom stereocenters. The summed E-state index contributed by atoms with van der Waals surface area (Å²) in [6.07, 6.45) is 0.786. The molecule has 0 spiro atoms. The Labute approximate surface area is 196 Å². The molecule has 0 aromatic heterocycles. The van der Waals surface area contributed by atoms with E-state index < -0.39 is 0 Å². The van der Waals surface area contributed by atoms with Crippen molar-refractivity contribution in [3.8, 4) is 23.0 Å². The molecular formula is C28H32O5. The lowest BCUT2D eigenvalue weighted by Gasteiger charge is -2.37. The Morgan fingerprint density at radius 2 is 1.42 bits per heavy atom. The number of ether oxygens (including phenoxy) is 5. The van der Waals surface area contributed by atoms with Crippen LogP contribution in [0.2, 0.25) is 0 Å². The van der Waals surface area contributed by atoms with Crippen LogP contribution in [0.15, 0.2) is 60.7 Å². The first-order valence-corrected chi connectivity index (χ1v) is 11.4. The zero-order chi connectivity index (χ0) is 23.4. The zero-order valence-corrected chi connectivity index (χ0v) is 20.0. The molecule has 0 saturated carbocycles. The molecule has 4 rings (SSSR count). The van der Waals surface area contributed by atoms with Crippen molar-refractivity contribution in [2.24, 2.45) is 0 Å². The van der Waals surface area contributed by atoms with E-state index in [1.165, 1.54) is 5.56 Å². The fraction of sp³-hybridized carbons (Fsp3) is 0.357. The summed E-state index contributed by atoms with van der Waals surface area (Å²) in [5.74, 6) is 3.10. The van der Waals surface area contributed by atoms with Crippen LogP contribution in [0.4, 0.5) is 0 Å². The zero-order valence-electron chi connectivity index (χ0n) is 20.0. The van der Waals surface area contributed by atoms with Crippen molar-refractivity contribution in [1.29, 1.82) is 0 Å². The van der Waals surface area contributed by atoms with Crippen LogP contribution in [0.25, 0.3) is 0 Å². The molecule has 1 aliphatic heterocycles. The largest absolute Gasteiger partial charge is 0.493 e. The van der Waals surface area contributed by atoms with Crippen molar-refractivity contribution in [2.45, 2.75) is 45.0 Å². The predicted octanol–water partition coefficient (Wildman–Crippen LogP) is 6.29. The fourth-order valence-corrected chi connectivity index (χ4v) is 4.61. The Morgan fingerprint density at radius 3 is 2.06 bits per heavy atom. The van der Waals surface area contributed by atoms with E-state index in [9.17, 15) is 0 Å². The Bertz CT molecular complexity index is 1080. The van der Waals surface area contributed by atoms with E-state index in [2.05, 4.69) is 19.9 Å². The maximum Gasteiger partial charge on any atom is 0.162 e. The van der Waals surface area contributed by atoms with Gasteiger partial charge in [0.2, 0.25) is 0 Å². The minimum atomic E-state index is -0.248. The van der Waals surface area contributed by atoms with E-state index in [0.29, 0.717) is 23.9 Å². The number of hydrogen-bond acceptors (Lipinski definition) is 5. The van der Waals surface area contributed by atoms with Gasteiger partial charge in [-0.25, -0.2) is 0 Å². The highest BCUT2D eigenvalue weighted by Gasteiger charge is 2.35. The number of hydrogen-bond donors (Lipinski definition) is 0. The fourth-order valence-electron chi connectivity index (χ4n) is 4.61. The molecular weight excluding hydrogens is 416 g/mol. The third-order valence-corrected chi connectivity index (χ3v) is 6.36. The van der Waals surface area contributed by atoms with Gasteiger partial charge < -0.3 is 23.7 Å². The van der Waals surface area contributed by atoms with Gasteiger partial charge in [-0.1, -0.05) is 43.3 Å². The summed E-state index contributed by atoms with van der Waals surface area (Å²) in [5.41, 5.74) is 4.44. The lowest BCUT2D eigenvalue weighted by Crippen LogP contribution is -2.29. The van der Waals surface area contributed by atoms with Crippen molar-refractivity contribution in [2.75, 3.05) is 21.3 Å². The third-order valence-electron chi connectivity index (χ3n) is 6.36. The minimum absolute atomic E-state index is 0.0568. The smallest absolute Gasteiger partial charge is 0.162 e. The van der Waals surface area contributed by atoms with Gasteiger partial charge in [-0.3, -0.25) is 0 Å². The summed E-state index contributed by atoms with van der Waals surface area (Å²) in [7, 11) is 4.99. The molecule has 0 bridgehead atoms. The molecule has 1 aliphatic rings. The second-order valence-electron chi connectivity index (χ2n) is 8.26. The Hall–Kier alpha value is -3.18. The Balaban J connectivity index is 1.74. The summed E-state index contributed by atoms with van der Waals surface area (Å²) in [5, 5.41) is 0. The first kappa shape index (κ1) is 23.0. The second-order valence-corrected chi connectivity index (χ2v) is 8.26. The maximum atomic E-state index is 6.57. The van der Waals surface area contributed by atoms with E-state index in [4.69, 9.17) is 23.7 Å². The van der Waals surface area contributed by atoms with E-state index in [1.54, 1.807) is 21.3 Å². The van der Waals surface area contributed by atoms with Gasteiger partial charge in [0.15, 0.2) is 23.0 Å². The SMILES string of the molecule is CCC1c2cc(OC)c(OC)cc2C(c2ccc(OC)c(OCc3ccccc3)c2)OC1C. The summed E-state index contributed by atoms with van der Waals surface area (Å²) in [6, 6.07) is 20.2. The van der Waals surface area contributed by atoms with Gasteiger partial charge in [0.25, 0.3) is 0 Å². The summed E-state index contributed by atoms with van der Waals surface area (Å²) < 4.78 is 29.5. The Morgan fingerprint density at radius 1 is 0.758 bits per heavy atom. The summed E-state index contributed by atoms with van der Waals surface area (Å²) >= 11 is 0. The Kier molecular flexibility index (Phi) is 7.09. The van der Waals surface area contributed by atoms with Gasteiger partial charge in [0.05, 0.1) is 27.4 Å². The van der Waals surface area contributed by atoms with Crippen molar-refractivity contribution >= 4 is 0 Å². The normalized spacial score (nSPS) is 19.5. The van der Waals surface area contributed by atoms with Crippen LogP contribution < -0.4 is 18.9 Å². The van der Waals surface area contributed by atoms with Crippen LogP contribution in [0.5, 0.6) is 23.0 Å². The molecule has 33 heavy (non-hydrogen) atoms. The van der Waals surface area contributed by atoms with Crippen molar-refractivity contribution in [3.05, 3.63) is 82.9 Å². The van der Waals surface area contributed by atoms with Gasteiger partial charge >= 0.3 is 0 Å². The van der Waals surface area contributed by atoms with Crippen LogP contribution in [0.3, 0.4) is 0 Å². The number of benzene rings is 3. The molecule has 5 nitrogen and oxygen atoms in total. The molecule has 0 saturated heterocycles. The standard InChI is InChI=1S/C28H32O5/c1-6-21-18(2)33-28(23-16-26(31-5)25(30-4)15-22(21)23)20-12-13-24(29-3)27(14-20)32-17-19-10-8-7-9-11-19/h7-16,18,21,28H,6,17H2,1-5H3. The topological polar surface area (TPSA) is 46.2 Å². The quantitative estimate of drug-likeness (QED) is 0.405. The van der Waals surface area contributed by atoms with E-state index in [0.717, 1.165) is 28.9 Å². The third kappa shape index (κ3) is 4.64. The van der Waals surface area contributed by atoms with Gasteiger partial charge in [0, 0.05) is 5.92 Å². The summed E-state index contributed by atoms with van der Waals surface area (Å²) in [6.45, 7) is 4.79. The molecule has 3 aromatic rings. The monoisotopic (exact) mass is 448 g/mol. The van der Waals surface area contributed by atoms with Crippen LogP contribution in [0.1, 0.15) is 54.5 Å². The molecule has 5 heteroatoms. The van der Waals surface area contributed by atoms with Crippen molar-refractivity contribution < 1.29 is 23.7 Å². The lowest BCUT2D eigenvalue weighted by atomic mass is 9.81. The van der Waals surface area contributed by atoms with E-state index >= 15 is 0 Å². The highest BCUT2D eigenvalue weighted by Crippen LogP contribution is 2.47. The highest BCUT2D eigenvalue weighted by molar-refractivity contribution is 5.54. The molecule has 0 amide bonds. The minimum Gasteiger partial charge on any atom is -0.493 e. The predicted molar refractivity (Wildman–Crippen MR) is 129 cm³/mol.